The maximum Gasteiger partial charge on any atom is 0.0508 e. The van der Waals surface area contributed by atoms with Crippen molar-refractivity contribution in [3.63, 3.8) is 0 Å². The predicted octanol–water partition coefficient (Wildman–Crippen LogP) is 2.66. The lowest BCUT2D eigenvalue weighted by Gasteiger charge is -2.20. The van der Waals surface area contributed by atoms with E-state index in [2.05, 4.69) is 33.9 Å². The number of hydrogen-bond donors (Lipinski definition) is 1. The van der Waals surface area contributed by atoms with E-state index in [9.17, 15) is 0 Å². The lowest BCUT2D eigenvalue weighted by Crippen LogP contribution is -2.19. The summed E-state index contributed by atoms with van der Waals surface area (Å²) in [5.41, 5.74) is 1.20. The third-order valence-electron chi connectivity index (χ3n) is 2.17. The van der Waals surface area contributed by atoms with Crippen LogP contribution in [-0.2, 0) is 0 Å². The van der Waals surface area contributed by atoms with Crippen molar-refractivity contribution in [1.29, 1.82) is 0 Å². The van der Waals surface area contributed by atoms with Crippen LogP contribution in [0.3, 0.4) is 0 Å². The van der Waals surface area contributed by atoms with E-state index in [0.29, 0.717) is 0 Å². The summed E-state index contributed by atoms with van der Waals surface area (Å²) in [7, 11) is 2.07. The van der Waals surface area contributed by atoms with Crippen LogP contribution in [0.2, 0.25) is 0 Å². The number of aliphatic hydroxyl groups excluding tert-OH is 1. The smallest absolute Gasteiger partial charge is 0.0508 e. The molecule has 0 heterocycles. The molecule has 0 aliphatic heterocycles. The first-order valence-electron chi connectivity index (χ1n) is 4.82. The first kappa shape index (κ1) is 11.5. The van der Waals surface area contributed by atoms with Crippen molar-refractivity contribution in [2.24, 2.45) is 0 Å². The third-order valence-corrected chi connectivity index (χ3v) is 2.84. The molecule has 0 aliphatic carbocycles. The zero-order valence-corrected chi connectivity index (χ0v) is 10.00. The largest absolute Gasteiger partial charge is 0.396 e. The normalized spacial score (nSPS) is 10.2. The fourth-order valence-electron chi connectivity index (χ4n) is 1.34. The summed E-state index contributed by atoms with van der Waals surface area (Å²) >= 11 is 3.51. The molecule has 0 spiro atoms. The fraction of sp³-hybridized carbons (Fsp3) is 0.455. The Morgan fingerprint density at radius 3 is 2.64 bits per heavy atom. The number of para-hydroxylation sites is 1. The maximum atomic E-state index is 8.68. The molecule has 0 fully saturated rings. The van der Waals surface area contributed by atoms with Gasteiger partial charge >= 0.3 is 0 Å². The summed E-state index contributed by atoms with van der Waals surface area (Å²) in [6.07, 6.45) is 1.89. The zero-order valence-electron chi connectivity index (χ0n) is 8.41. The second-order valence-electron chi connectivity index (χ2n) is 3.30. The van der Waals surface area contributed by atoms with Gasteiger partial charge in [-0.05, 0) is 40.9 Å². The monoisotopic (exact) mass is 257 g/mol. The number of nitrogens with zero attached hydrogens (tertiary/aromatic N) is 1. The van der Waals surface area contributed by atoms with Crippen molar-refractivity contribution in [2.75, 3.05) is 25.1 Å². The summed E-state index contributed by atoms with van der Waals surface area (Å²) in [5, 5.41) is 8.68. The van der Waals surface area contributed by atoms with Gasteiger partial charge in [0.1, 0.15) is 0 Å². The van der Waals surface area contributed by atoms with Gasteiger partial charge in [0.2, 0.25) is 0 Å². The van der Waals surface area contributed by atoms with Crippen molar-refractivity contribution in [2.45, 2.75) is 12.8 Å². The summed E-state index contributed by atoms with van der Waals surface area (Å²) in [5.74, 6) is 0. The van der Waals surface area contributed by atoms with Gasteiger partial charge in [0, 0.05) is 24.7 Å². The molecule has 0 aliphatic rings. The molecule has 0 unspecified atom stereocenters. The van der Waals surface area contributed by atoms with Gasteiger partial charge in [0.25, 0.3) is 0 Å². The summed E-state index contributed by atoms with van der Waals surface area (Å²) < 4.78 is 1.12. The van der Waals surface area contributed by atoms with E-state index in [0.717, 1.165) is 23.9 Å². The molecule has 1 rings (SSSR count). The standard InChI is InChI=1S/C11H16BrNO/c1-13(8-4-5-9-14)11-7-3-2-6-10(11)12/h2-3,6-7,14H,4-5,8-9H2,1H3. The molecule has 2 nitrogen and oxygen atoms in total. The summed E-state index contributed by atoms with van der Waals surface area (Å²) in [4.78, 5) is 2.19. The van der Waals surface area contributed by atoms with E-state index in [4.69, 9.17) is 5.11 Å². The van der Waals surface area contributed by atoms with Gasteiger partial charge in [0.05, 0.1) is 5.69 Å². The SMILES string of the molecule is CN(CCCCO)c1ccccc1Br. The van der Waals surface area contributed by atoms with Gasteiger partial charge < -0.3 is 10.0 Å². The van der Waals surface area contributed by atoms with Gasteiger partial charge in [-0.1, -0.05) is 12.1 Å². The Bertz CT molecular complexity index is 278. The minimum Gasteiger partial charge on any atom is -0.396 e. The van der Waals surface area contributed by atoms with Gasteiger partial charge in [0.15, 0.2) is 0 Å². The van der Waals surface area contributed by atoms with Crippen LogP contribution in [0.4, 0.5) is 5.69 Å². The van der Waals surface area contributed by atoms with E-state index in [-0.39, 0.29) is 6.61 Å². The lowest BCUT2D eigenvalue weighted by molar-refractivity contribution is 0.285. The van der Waals surface area contributed by atoms with E-state index in [1.165, 1.54) is 5.69 Å². The van der Waals surface area contributed by atoms with Crippen LogP contribution < -0.4 is 4.90 Å². The quantitative estimate of drug-likeness (QED) is 0.821. The first-order valence-corrected chi connectivity index (χ1v) is 5.61. The maximum absolute atomic E-state index is 8.68. The minimum absolute atomic E-state index is 0.282. The summed E-state index contributed by atoms with van der Waals surface area (Å²) in [6, 6.07) is 8.17. The van der Waals surface area contributed by atoms with Crippen LogP contribution in [0.5, 0.6) is 0 Å². The average molecular weight is 258 g/mol. The number of anilines is 1. The van der Waals surface area contributed by atoms with E-state index in [1.807, 2.05) is 18.2 Å². The molecule has 1 aromatic carbocycles. The van der Waals surface area contributed by atoms with Crippen LogP contribution >= 0.6 is 15.9 Å². The highest BCUT2D eigenvalue weighted by atomic mass is 79.9. The third kappa shape index (κ3) is 3.31. The Morgan fingerprint density at radius 1 is 1.29 bits per heavy atom. The number of hydrogen-bond acceptors (Lipinski definition) is 2. The molecule has 78 valence electrons. The molecular weight excluding hydrogens is 242 g/mol. The highest BCUT2D eigenvalue weighted by Gasteiger charge is 2.03. The van der Waals surface area contributed by atoms with Crippen molar-refractivity contribution < 1.29 is 5.11 Å². The molecule has 0 amide bonds. The number of halogens is 1. The van der Waals surface area contributed by atoms with Crippen molar-refractivity contribution >= 4 is 21.6 Å². The Labute approximate surface area is 93.7 Å². The number of benzene rings is 1. The number of aliphatic hydroxyl groups is 1. The molecule has 0 bridgehead atoms. The molecule has 0 saturated heterocycles. The fourth-order valence-corrected chi connectivity index (χ4v) is 1.93. The second kappa shape index (κ2) is 6.04. The van der Waals surface area contributed by atoms with Crippen LogP contribution in [0, 0.1) is 0 Å². The second-order valence-corrected chi connectivity index (χ2v) is 4.16. The minimum atomic E-state index is 0.282. The first-order chi connectivity index (χ1) is 6.75. The average Bonchev–Trinajstić information content (AvgIpc) is 2.18. The van der Waals surface area contributed by atoms with Crippen LogP contribution in [0.25, 0.3) is 0 Å². The van der Waals surface area contributed by atoms with Crippen molar-refractivity contribution in [3.05, 3.63) is 28.7 Å². The molecule has 3 heteroatoms. The Hall–Kier alpha value is -0.540. The van der Waals surface area contributed by atoms with Gasteiger partial charge in [-0.15, -0.1) is 0 Å². The molecule has 0 saturated carbocycles. The lowest BCUT2D eigenvalue weighted by atomic mass is 10.2. The van der Waals surface area contributed by atoms with Crippen molar-refractivity contribution in [3.8, 4) is 0 Å². The van der Waals surface area contributed by atoms with E-state index >= 15 is 0 Å². The molecule has 0 atom stereocenters. The highest BCUT2D eigenvalue weighted by Crippen LogP contribution is 2.24. The van der Waals surface area contributed by atoms with Gasteiger partial charge in [-0.25, -0.2) is 0 Å². The molecule has 1 N–H and O–H groups in total. The molecule has 1 aromatic rings. The summed E-state index contributed by atoms with van der Waals surface area (Å²) in [6.45, 7) is 1.26. The van der Waals surface area contributed by atoms with Crippen molar-refractivity contribution in [1.82, 2.24) is 0 Å². The highest BCUT2D eigenvalue weighted by molar-refractivity contribution is 9.10. The molecule has 0 radical (unpaired) electrons. The topological polar surface area (TPSA) is 23.5 Å². The predicted molar refractivity (Wildman–Crippen MR) is 63.7 cm³/mol. The van der Waals surface area contributed by atoms with E-state index in [1.54, 1.807) is 0 Å². The zero-order chi connectivity index (χ0) is 10.4. The van der Waals surface area contributed by atoms with E-state index < -0.39 is 0 Å². The number of rotatable bonds is 5. The van der Waals surface area contributed by atoms with Crippen LogP contribution in [0.15, 0.2) is 28.7 Å². The van der Waals surface area contributed by atoms with Gasteiger partial charge in [-0.3, -0.25) is 0 Å². The Balaban J connectivity index is 2.51. The van der Waals surface area contributed by atoms with Crippen LogP contribution in [-0.4, -0.2) is 25.3 Å². The molecule has 0 aromatic heterocycles. The number of unbranched alkanes of at least 4 members (excludes halogenated alkanes) is 1. The molecule has 14 heavy (non-hydrogen) atoms. The van der Waals surface area contributed by atoms with Gasteiger partial charge in [-0.2, -0.15) is 0 Å². The van der Waals surface area contributed by atoms with Crippen LogP contribution in [0.1, 0.15) is 12.8 Å². The molecular formula is C11H16BrNO. The Morgan fingerprint density at radius 2 is 2.00 bits per heavy atom. The Kier molecular flexibility index (Phi) is 4.98.